The van der Waals surface area contributed by atoms with Crippen LogP contribution in [0, 0.1) is 0 Å². The fraction of sp³-hybridized carbons (Fsp3) is 0.182. The van der Waals surface area contributed by atoms with Gasteiger partial charge >= 0.3 is 0 Å². The molecule has 1 atom stereocenters. The van der Waals surface area contributed by atoms with Gasteiger partial charge in [0, 0.05) is 17.8 Å². The third-order valence-corrected chi connectivity index (χ3v) is 3.11. The maximum absolute atomic E-state index is 11.8. The van der Waals surface area contributed by atoms with Gasteiger partial charge in [0.25, 0.3) is 5.91 Å². The molecule has 0 bridgehead atoms. The summed E-state index contributed by atoms with van der Waals surface area (Å²) in [6, 6.07) is 1.21. The van der Waals surface area contributed by atoms with Gasteiger partial charge in [-0.25, -0.2) is 4.98 Å². The molecule has 88 valence electrons. The van der Waals surface area contributed by atoms with E-state index >= 15 is 0 Å². The molecule has 2 aromatic heterocycles. The monoisotopic (exact) mass is 249 g/mol. The lowest BCUT2D eigenvalue weighted by atomic mass is 10.2. The van der Waals surface area contributed by atoms with Gasteiger partial charge in [0.2, 0.25) is 0 Å². The number of thiazole rings is 1. The molecule has 2 heterocycles. The summed E-state index contributed by atoms with van der Waals surface area (Å²) in [5.74, 6) is -0.310. The van der Waals surface area contributed by atoms with Gasteiger partial charge in [0.15, 0.2) is 0 Å². The Morgan fingerprint density at radius 1 is 1.53 bits per heavy atom. The smallest absolute Gasteiger partial charge is 0.253 e. The predicted molar refractivity (Wildman–Crippen MR) is 63.9 cm³/mol. The van der Waals surface area contributed by atoms with Crippen LogP contribution >= 0.6 is 11.3 Å². The first-order valence-electron chi connectivity index (χ1n) is 5.01. The van der Waals surface area contributed by atoms with Crippen LogP contribution in [-0.4, -0.2) is 21.0 Å². The molecule has 0 saturated heterocycles. The largest absolute Gasteiger partial charge is 0.506 e. The van der Waals surface area contributed by atoms with Crippen LogP contribution < -0.4 is 5.32 Å². The molecular formula is C11H11N3O2S. The summed E-state index contributed by atoms with van der Waals surface area (Å²) < 4.78 is 0. The van der Waals surface area contributed by atoms with Crippen molar-refractivity contribution in [3.8, 4) is 5.75 Å². The van der Waals surface area contributed by atoms with Gasteiger partial charge in [-0.1, -0.05) is 0 Å². The highest BCUT2D eigenvalue weighted by Crippen LogP contribution is 2.16. The Morgan fingerprint density at radius 2 is 2.35 bits per heavy atom. The molecule has 17 heavy (non-hydrogen) atoms. The second-order valence-electron chi connectivity index (χ2n) is 3.50. The van der Waals surface area contributed by atoms with Crippen molar-refractivity contribution in [2.75, 3.05) is 0 Å². The number of pyridine rings is 1. The Balaban J connectivity index is 2.07. The first kappa shape index (κ1) is 11.5. The van der Waals surface area contributed by atoms with Crippen LogP contribution in [0.2, 0.25) is 0 Å². The average molecular weight is 249 g/mol. The summed E-state index contributed by atoms with van der Waals surface area (Å²) in [5.41, 5.74) is 0.327. The van der Waals surface area contributed by atoms with Crippen LogP contribution in [0.4, 0.5) is 0 Å². The second-order valence-corrected chi connectivity index (χ2v) is 4.42. The number of aromatic nitrogens is 2. The van der Waals surface area contributed by atoms with Gasteiger partial charge in [0.05, 0.1) is 17.8 Å². The van der Waals surface area contributed by atoms with E-state index in [-0.39, 0.29) is 17.7 Å². The summed E-state index contributed by atoms with van der Waals surface area (Å²) in [5, 5.41) is 14.7. The SMILES string of the molecule is CC(NC(=O)c1cncc(O)c1)c1nccs1. The first-order chi connectivity index (χ1) is 8.16. The maximum Gasteiger partial charge on any atom is 0.253 e. The molecule has 1 amide bonds. The van der Waals surface area contributed by atoms with E-state index in [1.54, 1.807) is 6.20 Å². The van der Waals surface area contributed by atoms with E-state index in [4.69, 9.17) is 0 Å². The quantitative estimate of drug-likeness (QED) is 0.868. The number of carbonyl (C=O) groups excluding carboxylic acids is 1. The van der Waals surface area contributed by atoms with E-state index in [9.17, 15) is 9.90 Å². The Hall–Kier alpha value is -1.95. The number of aromatic hydroxyl groups is 1. The molecule has 0 fully saturated rings. The topological polar surface area (TPSA) is 75.1 Å². The Labute approximate surface area is 102 Å². The Morgan fingerprint density at radius 3 is 3.00 bits per heavy atom. The van der Waals surface area contributed by atoms with Crippen LogP contribution in [-0.2, 0) is 0 Å². The van der Waals surface area contributed by atoms with E-state index in [1.165, 1.54) is 29.8 Å². The lowest BCUT2D eigenvalue weighted by molar-refractivity contribution is 0.0939. The van der Waals surface area contributed by atoms with Crippen LogP contribution in [0.15, 0.2) is 30.0 Å². The van der Waals surface area contributed by atoms with Crippen molar-refractivity contribution >= 4 is 17.2 Å². The first-order valence-corrected chi connectivity index (χ1v) is 5.89. The summed E-state index contributed by atoms with van der Waals surface area (Å²) in [6.45, 7) is 1.85. The van der Waals surface area contributed by atoms with E-state index in [1.807, 2.05) is 12.3 Å². The van der Waals surface area contributed by atoms with Gasteiger partial charge in [-0.05, 0) is 13.0 Å². The maximum atomic E-state index is 11.8. The molecule has 5 nitrogen and oxygen atoms in total. The van der Waals surface area contributed by atoms with Gasteiger partial charge in [-0.2, -0.15) is 0 Å². The highest BCUT2D eigenvalue weighted by atomic mass is 32.1. The number of amides is 1. The molecule has 2 N–H and O–H groups in total. The van der Waals surface area contributed by atoms with E-state index in [0.717, 1.165) is 5.01 Å². The van der Waals surface area contributed by atoms with E-state index in [0.29, 0.717) is 5.56 Å². The van der Waals surface area contributed by atoms with Crippen molar-refractivity contribution in [3.05, 3.63) is 40.6 Å². The van der Waals surface area contributed by atoms with Crippen molar-refractivity contribution in [2.24, 2.45) is 0 Å². The predicted octanol–water partition coefficient (Wildman–Crippen LogP) is 1.73. The van der Waals surface area contributed by atoms with Crippen molar-refractivity contribution in [2.45, 2.75) is 13.0 Å². The molecule has 2 aromatic rings. The van der Waals surface area contributed by atoms with Gasteiger partial charge < -0.3 is 10.4 Å². The molecule has 6 heteroatoms. The Kier molecular flexibility index (Phi) is 3.34. The van der Waals surface area contributed by atoms with Crippen molar-refractivity contribution < 1.29 is 9.90 Å². The number of hydrogen-bond donors (Lipinski definition) is 2. The van der Waals surface area contributed by atoms with Crippen molar-refractivity contribution in [1.82, 2.24) is 15.3 Å². The molecule has 0 spiro atoms. The van der Waals surface area contributed by atoms with Crippen LogP contribution in [0.5, 0.6) is 5.75 Å². The molecule has 0 aliphatic carbocycles. The normalized spacial score (nSPS) is 12.1. The third-order valence-electron chi connectivity index (χ3n) is 2.16. The molecule has 0 aliphatic heterocycles. The molecule has 2 rings (SSSR count). The molecule has 0 radical (unpaired) electrons. The van der Waals surface area contributed by atoms with Crippen LogP contribution in [0.25, 0.3) is 0 Å². The minimum Gasteiger partial charge on any atom is -0.506 e. The van der Waals surface area contributed by atoms with Gasteiger partial charge in [-0.3, -0.25) is 9.78 Å². The summed E-state index contributed by atoms with van der Waals surface area (Å²) in [7, 11) is 0. The summed E-state index contributed by atoms with van der Waals surface area (Å²) in [6.07, 6.45) is 4.38. The van der Waals surface area contributed by atoms with E-state index in [2.05, 4.69) is 15.3 Å². The van der Waals surface area contributed by atoms with Gasteiger partial charge in [0.1, 0.15) is 10.8 Å². The number of nitrogens with zero attached hydrogens (tertiary/aromatic N) is 2. The summed E-state index contributed by atoms with van der Waals surface area (Å²) >= 11 is 1.48. The number of rotatable bonds is 3. The molecular weight excluding hydrogens is 238 g/mol. The highest BCUT2D eigenvalue weighted by Gasteiger charge is 2.13. The minimum atomic E-state index is -0.281. The van der Waals surface area contributed by atoms with E-state index < -0.39 is 0 Å². The van der Waals surface area contributed by atoms with Crippen LogP contribution in [0.3, 0.4) is 0 Å². The lowest BCUT2D eigenvalue weighted by Crippen LogP contribution is -2.26. The third kappa shape index (κ3) is 2.79. The number of hydrogen-bond acceptors (Lipinski definition) is 5. The summed E-state index contributed by atoms with van der Waals surface area (Å²) in [4.78, 5) is 19.7. The number of nitrogens with one attached hydrogen (secondary N) is 1. The molecule has 0 aliphatic rings. The Bertz CT molecular complexity index is 513. The highest BCUT2D eigenvalue weighted by molar-refractivity contribution is 7.09. The molecule has 0 aromatic carbocycles. The van der Waals surface area contributed by atoms with Gasteiger partial charge in [-0.15, -0.1) is 11.3 Å². The zero-order valence-corrected chi connectivity index (χ0v) is 9.94. The molecule has 0 saturated carbocycles. The minimum absolute atomic E-state index is 0.0282. The molecule has 1 unspecified atom stereocenters. The fourth-order valence-corrected chi connectivity index (χ4v) is 1.99. The standard InChI is InChI=1S/C11H11N3O2S/c1-7(11-13-2-3-17-11)14-10(16)8-4-9(15)6-12-5-8/h2-7,15H,1H3,(H,14,16). The zero-order chi connectivity index (χ0) is 12.3. The van der Waals surface area contributed by atoms with Crippen LogP contribution in [0.1, 0.15) is 28.3 Å². The number of carbonyl (C=O) groups is 1. The fourth-order valence-electron chi connectivity index (χ4n) is 1.34. The lowest BCUT2D eigenvalue weighted by Gasteiger charge is -2.10. The van der Waals surface area contributed by atoms with Crippen molar-refractivity contribution in [1.29, 1.82) is 0 Å². The van der Waals surface area contributed by atoms with Crippen molar-refractivity contribution in [3.63, 3.8) is 0 Å². The average Bonchev–Trinajstić information content (AvgIpc) is 2.82. The zero-order valence-electron chi connectivity index (χ0n) is 9.12. The second kappa shape index (κ2) is 4.92.